The van der Waals surface area contributed by atoms with Gasteiger partial charge >= 0.3 is 0 Å². The predicted octanol–water partition coefficient (Wildman–Crippen LogP) is 2.07. The third-order valence-corrected chi connectivity index (χ3v) is 2.36. The van der Waals surface area contributed by atoms with Crippen LogP contribution in [-0.4, -0.2) is 9.97 Å². The summed E-state index contributed by atoms with van der Waals surface area (Å²) < 4.78 is 0. The van der Waals surface area contributed by atoms with Crippen LogP contribution in [0, 0.1) is 6.92 Å². The Morgan fingerprint density at radius 2 is 2.12 bits per heavy atom. The van der Waals surface area contributed by atoms with Gasteiger partial charge in [0, 0.05) is 19.3 Å². The molecule has 1 heterocycles. The standard InChI is InChI=1S/C13H15N3/c1-11-3-2-4-12(7-11)8-15-9-13-5-6-14-10-16-13/h2-7,10,15H,8-9H2,1H3. The van der Waals surface area contributed by atoms with Gasteiger partial charge < -0.3 is 5.32 Å². The van der Waals surface area contributed by atoms with Crippen molar-refractivity contribution >= 4 is 0 Å². The number of rotatable bonds is 4. The molecule has 0 bridgehead atoms. The van der Waals surface area contributed by atoms with E-state index in [1.807, 2.05) is 6.07 Å². The quantitative estimate of drug-likeness (QED) is 0.845. The Balaban J connectivity index is 1.85. The number of aromatic nitrogens is 2. The van der Waals surface area contributed by atoms with Crippen LogP contribution in [0.2, 0.25) is 0 Å². The van der Waals surface area contributed by atoms with Crippen molar-refractivity contribution in [1.29, 1.82) is 0 Å². The summed E-state index contributed by atoms with van der Waals surface area (Å²) in [6, 6.07) is 10.4. The lowest BCUT2D eigenvalue weighted by Gasteiger charge is -2.04. The van der Waals surface area contributed by atoms with Gasteiger partial charge in [0.05, 0.1) is 5.69 Å². The topological polar surface area (TPSA) is 37.8 Å². The molecule has 1 aromatic heterocycles. The van der Waals surface area contributed by atoms with Gasteiger partial charge in [-0.05, 0) is 18.6 Å². The minimum Gasteiger partial charge on any atom is -0.307 e. The van der Waals surface area contributed by atoms with Crippen LogP contribution in [-0.2, 0) is 13.1 Å². The second-order valence-corrected chi connectivity index (χ2v) is 3.79. The predicted molar refractivity (Wildman–Crippen MR) is 63.8 cm³/mol. The van der Waals surface area contributed by atoms with Crippen LogP contribution in [0.15, 0.2) is 42.9 Å². The Kier molecular flexibility index (Phi) is 3.62. The Bertz CT molecular complexity index is 440. The van der Waals surface area contributed by atoms with Gasteiger partial charge in [-0.2, -0.15) is 0 Å². The molecule has 0 radical (unpaired) electrons. The monoisotopic (exact) mass is 213 g/mol. The maximum Gasteiger partial charge on any atom is 0.115 e. The van der Waals surface area contributed by atoms with Crippen LogP contribution in [0.3, 0.4) is 0 Å². The summed E-state index contributed by atoms with van der Waals surface area (Å²) in [7, 11) is 0. The van der Waals surface area contributed by atoms with Gasteiger partial charge in [-0.25, -0.2) is 9.97 Å². The minimum absolute atomic E-state index is 0.774. The first-order valence-corrected chi connectivity index (χ1v) is 5.36. The molecule has 1 aromatic carbocycles. The molecule has 0 amide bonds. The molecular weight excluding hydrogens is 198 g/mol. The van der Waals surface area contributed by atoms with Gasteiger partial charge in [0.2, 0.25) is 0 Å². The summed E-state index contributed by atoms with van der Waals surface area (Å²) in [6.07, 6.45) is 3.33. The van der Waals surface area contributed by atoms with E-state index in [9.17, 15) is 0 Å². The van der Waals surface area contributed by atoms with E-state index in [0.717, 1.165) is 18.8 Å². The first-order valence-electron chi connectivity index (χ1n) is 5.36. The molecule has 0 saturated carbocycles. The number of benzene rings is 1. The normalized spacial score (nSPS) is 10.3. The summed E-state index contributed by atoms with van der Waals surface area (Å²) in [5, 5.41) is 3.35. The highest BCUT2D eigenvalue weighted by atomic mass is 14.9. The van der Waals surface area contributed by atoms with Crippen molar-refractivity contribution in [3.63, 3.8) is 0 Å². The van der Waals surface area contributed by atoms with Crippen LogP contribution < -0.4 is 5.32 Å². The molecule has 3 heteroatoms. The van der Waals surface area contributed by atoms with Crippen molar-refractivity contribution in [2.45, 2.75) is 20.0 Å². The van der Waals surface area contributed by atoms with Crippen molar-refractivity contribution < 1.29 is 0 Å². The molecule has 0 unspecified atom stereocenters. The second-order valence-electron chi connectivity index (χ2n) is 3.79. The van der Waals surface area contributed by atoms with Gasteiger partial charge in [-0.1, -0.05) is 29.8 Å². The molecule has 82 valence electrons. The van der Waals surface area contributed by atoms with Crippen molar-refractivity contribution in [3.8, 4) is 0 Å². The lowest BCUT2D eigenvalue weighted by molar-refractivity contribution is 0.677. The molecule has 0 aliphatic heterocycles. The van der Waals surface area contributed by atoms with Gasteiger partial charge in [-0.3, -0.25) is 0 Å². The summed E-state index contributed by atoms with van der Waals surface area (Å²) in [5.74, 6) is 0. The van der Waals surface area contributed by atoms with E-state index in [4.69, 9.17) is 0 Å². The largest absolute Gasteiger partial charge is 0.307 e. The number of hydrogen-bond acceptors (Lipinski definition) is 3. The molecule has 0 atom stereocenters. The van der Waals surface area contributed by atoms with E-state index in [-0.39, 0.29) is 0 Å². The van der Waals surface area contributed by atoms with Crippen LogP contribution in [0.25, 0.3) is 0 Å². The highest BCUT2D eigenvalue weighted by Gasteiger charge is 1.94. The molecular formula is C13H15N3. The average Bonchev–Trinajstić information content (AvgIpc) is 2.30. The lowest BCUT2D eigenvalue weighted by Crippen LogP contribution is -2.13. The van der Waals surface area contributed by atoms with E-state index in [0.29, 0.717) is 0 Å². The molecule has 16 heavy (non-hydrogen) atoms. The zero-order valence-corrected chi connectivity index (χ0v) is 9.35. The first kappa shape index (κ1) is 10.8. The average molecular weight is 213 g/mol. The Morgan fingerprint density at radius 1 is 1.19 bits per heavy atom. The maximum absolute atomic E-state index is 4.15. The molecule has 2 rings (SSSR count). The van der Waals surface area contributed by atoms with Crippen LogP contribution >= 0.6 is 0 Å². The molecule has 0 spiro atoms. The fraction of sp³-hybridized carbons (Fsp3) is 0.231. The van der Waals surface area contributed by atoms with Crippen molar-refractivity contribution in [1.82, 2.24) is 15.3 Å². The maximum atomic E-state index is 4.15. The van der Waals surface area contributed by atoms with E-state index >= 15 is 0 Å². The molecule has 3 nitrogen and oxygen atoms in total. The van der Waals surface area contributed by atoms with Crippen LogP contribution in [0.1, 0.15) is 16.8 Å². The number of nitrogens with zero attached hydrogens (tertiary/aromatic N) is 2. The summed E-state index contributed by atoms with van der Waals surface area (Å²) >= 11 is 0. The Morgan fingerprint density at radius 3 is 2.88 bits per heavy atom. The van der Waals surface area contributed by atoms with Crippen LogP contribution in [0.5, 0.6) is 0 Å². The van der Waals surface area contributed by atoms with Crippen molar-refractivity contribution in [2.75, 3.05) is 0 Å². The fourth-order valence-corrected chi connectivity index (χ4v) is 1.58. The lowest BCUT2D eigenvalue weighted by atomic mass is 10.1. The molecule has 2 aromatic rings. The van der Waals surface area contributed by atoms with Gasteiger partial charge in [0.1, 0.15) is 6.33 Å². The van der Waals surface area contributed by atoms with E-state index < -0.39 is 0 Å². The third-order valence-electron chi connectivity index (χ3n) is 2.36. The number of hydrogen-bond donors (Lipinski definition) is 1. The zero-order chi connectivity index (χ0) is 11.2. The van der Waals surface area contributed by atoms with Crippen LogP contribution in [0.4, 0.5) is 0 Å². The molecule has 0 aliphatic carbocycles. The van der Waals surface area contributed by atoms with Gasteiger partial charge in [-0.15, -0.1) is 0 Å². The molecule has 0 aliphatic rings. The zero-order valence-electron chi connectivity index (χ0n) is 9.35. The summed E-state index contributed by atoms with van der Waals surface area (Å²) in [6.45, 7) is 3.75. The fourth-order valence-electron chi connectivity index (χ4n) is 1.58. The highest BCUT2D eigenvalue weighted by Crippen LogP contribution is 2.03. The summed E-state index contributed by atoms with van der Waals surface area (Å²) in [5.41, 5.74) is 3.61. The van der Waals surface area contributed by atoms with Gasteiger partial charge in [0.15, 0.2) is 0 Å². The Labute approximate surface area is 95.6 Å². The Hall–Kier alpha value is -1.74. The molecule has 0 fully saturated rings. The van der Waals surface area contributed by atoms with Crippen molar-refractivity contribution in [3.05, 3.63) is 59.7 Å². The van der Waals surface area contributed by atoms with E-state index in [2.05, 4.69) is 46.5 Å². The molecule has 1 N–H and O–H groups in total. The van der Waals surface area contributed by atoms with Gasteiger partial charge in [0.25, 0.3) is 0 Å². The first-order chi connectivity index (χ1) is 7.84. The number of nitrogens with one attached hydrogen (secondary N) is 1. The third kappa shape index (κ3) is 3.14. The SMILES string of the molecule is Cc1cccc(CNCc2ccncn2)c1. The molecule has 0 saturated heterocycles. The van der Waals surface area contributed by atoms with E-state index in [1.165, 1.54) is 11.1 Å². The van der Waals surface area contributed by atoms with E-state index in [1.54, 1.807) is 12.5 Å². The minimum atomic E-state index is 0.774. The smallest absolute Gasteiger partial charge is 0.115 e. The van der Waals surface area contributed by atoms with Crippen molar-refractivity contribution in [2.24, 2.45) is 0 Å². The number of aryl methyl sites for hydroxylation is 1. The highest BCUT2D eigenvalue weighted by molar-refractivity contribution is 5.22. The summed E-state index contributed by atoms with van der Waals surface area (Å²) in [4.78, 5) is 8.04. The second kappa shape index (κ2) is 5.37.